The van der Waals surface area contributed by atoms with Gasteiger partial charge in [-0.25, -0.2) is 4.68 Å². The summed E-state index contributed by atoms with van der Waals surface area (Å²) in [4.78, 5) is 34.4. The third kappa shape index (κ3) is 1.63. The first kappa shape index (κ1) is 10.4. The van der Waals surface area contributed by atoms with Crippen LogP contribution in [0.25, 0.3) is 0 Å². The Morgan fingerprint density at radius 3 is 2.94 bits per heavy atom. The molecule has 90 valence electrons. The largest absolute Gasteiger partial charge is 0.343 e. The van der Waals surface area contributed by atoms with Gasteiger partial charge < -0.3 is 9.47 Å². The SMILES string of the molecule is O=C1C[C@@H](n2[nH]c(=O)ccc2=O)[C@@H]2CO[C@@H]1O2. The van der Waals surface area contributed by atoms with E-state index in [1.54, 1.807) is 0 Å². The smallest absolute Gasteiger partial charge is 0.265 e. The fourth-order valence-corrected chi connectivity index (χ4v) is 2.17. The van der Waals surface area contributed by atoms with Crippen molar-refractivity contribution >= 4 is 5.78 Å². The molecule has 0 spiro atoms. The molecule has 3 atom stereocenters. The standard InChI is InChI=1S/C10H10N2O5/c13-6-3-5(7-4-16-10(6)17-7)12-9(15)2-1-8(14)11-12/h1-2,5,7,10H,3-4H2,(H,11,14)/t5-,7+,10-/m1/s1. The summed E-state index contributed by atoms with van der Waals surface area (Å²) in [6, 6.07) is 1.83. The van der Waals surface area contributed by atoms with Crippen LogP contribution >= 0.6 is 0 Å². The molecule has 0 aliphatic carbocycles. The zero-order valence-corrected chi connectivity index (χ0v) is 8.79. The number of aromatic amines is 1. The lowest BCUT2D eigenvalue weighted by atomic mass is 10.0. The number of rotatable bonds is 1. The van der Waals surface area contributed by atoms with Crippen molar-refractivity contribution in [1.82, 2.24) is 9.78 Å². The van der Waals surface area contributed by atoms with Crippen molar-refractivity contribution in [2.45, 2.75) is 24.9 Å². The number of hydrogen-bond acceptors (Lipinski definition) is 5. The molecular weight excluding hydrogens is 228 g/mol. The molecule has 7 heteroatoms. The molecule has 1 N–H and O–H groups in total. The van der Waals surface area contributed by atoms with Gasteiger partial charge in [0.1, 0.15) is 6.10 Å². The van der Waals surface area contributed by atoms with Gasteiger partial charge in [-0.05, 0) is 0 Å². The summed E-state index contributed by atoms with van der Waals surface area (Å²) >= 11 is 0. The van der Waals surface area contributed by atoms with E-state index in [4.69, 9.17) is 9.47 Å². The molecule has 2 aliphatic rings. The highest BCUT2D eigenvalue weighted by Crippen LogP contribution is 2.31. The normalized spacial score (nSPS) is 31.8. The monoisotopic (exact) mass is 238 g/mol. The van der Waals surface area contributed by atoms with Crippen LogP contribution in [0.1, 0.15) is 12.5 Å². The minimum absolute atomic E-state index is 0.134. The van der Waals surface area contributed by atoms with E-state index in [9.17, 15) is 14.4 Å². The summed E-state index contributed by atoms with van der Waals surface area (Å²) in [5, 5.41) is 2.41. The number of nitrogens with zero attached hydrogens (tertiary/aromatic N) is 1. The molecule has 17 heavy (non-hydrogen) atoms. The molecule has 2 fully saturated rings. The molecule has 1 aromatic rings. The summed E-state index contributed by atoms with van der Waals surface area (Å²) in [7, 11) is 0. The number of carbonyl (C=O) groups is 1. The molecule has 0 aromatic carbocycles. The van der Waals surface area contributed by atoms with Gasteiger partial charge in [0, 0.05) is 18.6 Å². The number of nitrogens with one attached hydrogen (secondary N) is 1. The highest BCUT2D eigenvalue weighted by molar-refractivity contribution is 5.83. The van der Waals surface area contributed by atoms with Crippen molar-refractivity contribution in [3.05, 3.63) is 32.8 Å². The van der Waals surface area contributed by atoms with Gasteiger partial charge >= 0.3 is 0 Å². The molecular formula is C10H10N2O5. The third-order valence-electron chi connectivity index (χ3n) is 2.99. The number of ether oxygens (including phenoxy) is 2. The number of H-pyrrole nitrogens is 1. The first-order valence-corrected chi connectivity index (χ1v) is 5.27. The van der Waals surface area contributed by atoms with Crippen molar-refractivity contribution in [3.8, 4) is 0 Å². The molecule has 0 amide bonds. The highest BCUT2D eigenvalue weighted by Gasteiger charge is 2.44. The molecule has 2 bridgehead atoms. The van der Waals surface area contributed by atoms with Gasteiger partial charge in [-0.3, -0.25) is 19.5 Å². The Morgan fingerprint density at radius 1 is 1.29 bits per heavy atom. The van der Waals surface area contributed by atoms with Crippen LogP contribution in [0, 0.1) is 0 Å². The molecule has 3 rings (SSSR count). The third-order valence-corrected chi connectivity index (χ3v) is 2.99. The minimum Gasteiger partial charge on any atom is -0.343 e. The lowest BCUT2D eigenvalue weighted by molar-refractivity contribution is -0.156. The van der Waals surface area contributed by atoms with Crippen molar-refractivity contribution in [1.29, 1.82) is 0 Å². The summed E-state index contributed by atoms with van der Waals surface area (Å²) in [6.45, 7) is 0.254. The van der Waals surface area contributed by atoms with Crippen LogP contribution in [0.4, 0.5) is 0 Å². The second-order valence-electron chi connectivity index (χ2n) is 4.10. The number of hydrogen-bond donors (Lipinski definition) is 1. The summed E-state index contributed by atoms with van der Waals surface area (Å²) < 4.78 is 11.6. The van der Waals surface area contributed by atoms with Crippen LogP contribution in [0.5, 0.6) is 0 Å². The molecule has 3 heterocycles. The average molecular weight is 238 g/mol. The highest BCUT2D eigenvalue weighted by atomic mass is 16.7. The van der Waals surface area contributed by atoms with Gasteiger partial charge in [-0.2, -0.15) is 0 Å². The van der Waals surface area contributed by atoms with Crippen LogP contribution < -0.4 is 11.1 Å². The van der Waals surface area contributed by atoms with Gasteiger partial charge in [0.2, 0.25) is 6.29 Å². The van der Waals surface area contributed by atoms with E-state index in [0.717, 1.165) is 10.7 Å². The second-order valence-corrected chi connectivity index (χ2v) is 4.10. The number of Topliss-reactive ketones (excluding diaryl/α,β-unsaturated/α-hetero) is 1. The van der Waals surface area contributed by atoms with Gasteiger partial charge in [0.25, 0.3) is 11.1 Å². The maximum Gasteiger partial charge on any atom is 0.265 e. The van der Waals surface area contributed by atoms with Crippen LogP contribution in [0.3, 0.4) is 0 Å². The Hall–Kier alpha value is -1.73. The van der Waals surface area contributed by atoms with E-state index in [2.05, 4.69) is 5.10 Å². The van der Waals surface area contributed by atoms with E-state index in [1.165, 1.54) is 6.07 Å². The Labute approximate surface area is 94.9 Å². The number of carbonyl (C=O) groups excluding carboxylic acids is 1. The lowest BCUT2D eigenvalue weighted by Gasteiger charge is -2.27. The fraction of sp³-hybridized carbons (Fsp3) is 0.500. The predicted octanol–water partition coefficient (Wildman–Crippen LogP) is -1.21. The molecule has 0 unspecified atom stereocenters. The summed E-state index contributed by atoms with van der Waals surface area (Å²) in [5.74, 6) is -0.208. The molecule has 0 saturated carbocycles. The molecule has 2 saturated heterocycles. The zero-order valence-electron chi connectivity index (χ0n) is 8.79. The van der Waals surface area contributed by atoms with E-state index in [1.807, 2.05) is 0 Å². The van der Waals surface area contributed by atoms with Gasteiger partial charge in [0.05, 0.1) is 12.6 Å². The number of fused-ring (bicyclic) bond motifs is 2. The van der Waals surface area contributed by atoms with Crippen LogP contribution in [0.15, 0.2) is 21.7 Å². The Morgan fingerprint density at radius 2 is 2.12 bits per heavy atom. The van der Waals surface area contributed by atoms with Crippen molar-refractivity contribution in [2.75, 3.05) is 6.61 Å². The number of ketones is 1. The molecule has 1 aromatic heterocycles. The maximum absolute atomic E-state index is 11.6. The molecule has 0 radical (unpaired) electrons. The molecule has 7 nitrogen and oxygen atoms in total. The minimum atomic E-state index is -0.803. The van der Waals surface area contributed by atoms with Gasteiger partial charge in [0.15, 0.2) is 5.78 Å². The van der Waals surface area contributed by atoms with Crippen molar-refractivity contribution < 1.29 is 14.3 Å². The summed E-state index contributed by atoms with van der Waals surface area (Å²) in [6.07, 6.45) is -1.04. The maximum atomic E-state index is 11.6. The number of aromatic nitrogens is 2. The van der Waals surface area contributed by atoms with E-state index < -0.39 is 17.9 Å². The van der Waals surface area contributed by atoms with E-state index >= 15 is 0 Å². The Bertz CT molecular complexity index is 575. The van der Waals surface area contributed by atoms with Crippen LogP contribution in [-0.4, -0.2) is 34.6 Å². The van der Waals surface area contributed by atoms with Gasteiger partial charge in [-0.15, -0.1) is 0 Å². The van der Waals surface area contributed by atoms with Crippen LogP contribution in [0.2, 0.25) is 0 Å². The Kier molecular flexibility index (Phi) is 2.23. The second kappa shape index (κ2) is 3.64. The predicted molar refractivity (Wildman–Crippen MR) is 54.6 cm³/mol. The topological polar surface area (TPSA) is 90.4 Å². The zero-order chi connectivity index (χ0) is 12.0. The first-order valence-electron chi connectivity index (χ1n) is 5.27. The van der Waals surface area contributed by atoms with Gasteiger partial charge in [-0.1, -0.05) is 0 Å². The quantitative estimate of drug-likeness (QED) is 0.663. The lowest BCUT2D eigenvalue weighted by Crippen LogP contribution is -2.43. The van der Waals surface area contributed by atoms with Crippen molar-refractivity contribution in [3.63, 3.8) is 0 Å². The van der Waals surface area contributed by atoms with E-state index in [-0.39, 0.29) is 30.5 Å². The fourth-order valence-electron chi connectivity index (χ4n) is 2.17. The van der Waals surface area contributed by atoms with Crippen molar-refractivity contribution in [2.24, 2.45) is 0 Å². The van der Waals surface area contributed by atoms with E-state index in [0.29, 0.717) is 0 Å². The average Bonchev–Trinajstić information content (AvgIpc) is 2.73. The Balaban J connectivity index is 2.03. The first-order chi connectivity index (χ1) is 8.15. The summed E-state index contributed by atoms with van der Waals surface area (Å²) in [5.41, 5.74) is -0.755. The molecule has 2 aliphatic heterocycles. The van der Waals surface area contributed by atoms with Crippen LogP contribution in [-0.2, 0) is 14.3 Å².